The van der Waals surface area contributed by atoms with Crippen molar-refractivity contribution in [2.45, 2.75) is 39.7 Å². The average Bonchev–Trinajstić information content (AvgIpc) is 2.22. The topological polar surface area (TPSA) is 3.88 Å². The molecule has 1 aromatic rings. The zero-order valence-electron chi connectivity index (χ0n) is 10.8. The van der Waals surface area contributed by atoms with Gasteiger partial charge < -0.3 is 0 Å². The number of halogens is 6. The van der Waals surface area contributed by atoms with E-state index in [0.717, 1.165) is 13.0 Å². The molecule has 1 nitrogen and oxygen atoms in total. The zero-order valence-corrected chi connectivity index (χ0v) is 11.7. The molecule has 0 unspecified atom stereocenters. The molecule has 0 N–H and O–H groups in total. The fraction of sp³-hybridized carbons (Fsp3) is 0.545. The van der Waals surface area contributed by atoms with Crippen LogP contribution in [0.15, 0.2) is 24.5 Å². The number of hydrogen-bond donors (Lipinski definition) is 0. The van der Waals surface area contributed by atoms with Gasteiger partial charge in [0.1, 0.15) is 6.54 Å². The Labute approximate surface area is 108 Å². The van der Waals surface area contributed by atoms with Crippen molar-refractivity contribution in [1.29, 1.82) is 0 Å². The molecule has 0 saturated carbocycles. The van der Waals surface area contributed by atoms with Crippen LogP contribution in [0.4, 0.5) is 25.2 Å². The van der Waals surface area contributed by atoms with E-state index in [0.29, 0.717) is 0 Å². The molecule has 0 fully saturated rings. The monoisotopic (exact) mass is 309 g/mol. The van der Waals surface area contributed by atoms with Crippen LogP contribution in [0.2, 0.25) is 0 Å². The summed E-state index contributed by atoms with van der Waals surface area (Å²) in [6.07, 6.45) is 8.07. The first-order chi connectivity index (χ1) is 8.31. The van der Waals surface area contributed by atoms with E-state index in [1.54, 1.807) is 0 Å². The second kappa shape index (κ2) is 5.65. The van der Waals surface area contributed by atoms with Crippen LogP contribution in [-0.2, 0) is 13.0 Å². The fourth-order valence-electron chi connectivity index (χ4n) is 1.27. The van der Waals surface area contributed by atoms with Crippen molar-refractivity contribution >= 4 is 7.81 Å². The minimum absolute atomic E-state index is 1.13. The van der Waals surface area contributed by atoms with Crippen LogP contribution >= 0.6 is 7.81 Å². The summed E-state index contributed by atoms with van der Waals surface area (Å²) in [5.41, 5.74) is 1.42. The maximum absolute atomic E-state index is 10.7. The van der Waals surface area contributed by atoms with Gasteiger partial charge in [-0.1, -0.05) is 20.3 Å². The summed E-state index contributed by atoms with van der Waals surface area (Å²) in [6, 6.07) is 4.32. The van der Waals surface area contributed by atoms with Crippen molar-refractivity contribution in [3.63, 3.8) is 0 Å². The summed E-state index contributed by atoms with van der Waals surface area (Å²) in [5, 5.41) is 0. The first kappa shape index (κ1) is 18.2. The van der Waals surface area contributed by atoms with Crippen molar-refractivity contribution < 1.29 is 29.7 Å². The van der Waals surface area contributed by atoms with Crippen LogP contribution in [0.3, 0.4) is 0 Å². The molecule has 0 aromatic carbocycles. The quantitative estimate of drug-likeness (QED) is 0.380. The van der Waals surface area contributed by atoms with Crippen molar-refractivity contribution in [3.8, 4) is 0 Å². The molecule has 0 aliphatic carbocycles. The maximum atomic E-state index is 9.87. The molecule has 0 amide bonds. The predicted octanol–water partition coefficient (Wildman–Crippen LogP) is 5.72. The van der Waals surface area contributed by atoms with Gasteiger partial charge in [-0.2, -0.15) is 0 Å². The van der Waals surface area contributed by atoms with Crippen LogP contribution in [0.25, 0.3) is 0 Å². The minimum atomic E-state index is -10.7. The summed E-state index contributed by atoms with van der Waals surface area (Å²) in [6.45, 7) is 5.58. The summed E-state index contributed by atoms with van der Waals surface area (Å²) in [4.78, 5) is 0. The second-order valence-electron chi connectivity index (χ2n) is 4.12. The molecule has 0 aliphatic rings. The van der Waals surface area contributed by atoms with Crippen molar-refractivity contribution in [2.75, 3.05) is 0 Å². The SMILES string of the molecule is CCCC[n+]1cccc(CC)c1.F[P-](F)(F)(F)(F)F. The number of aryl methyl sites for hydroxylation is 2. The molecular formula is C11H18F6NP. The number of nitrogens with zero attached hydrogens (tertiary/aromatic N) is 1. The van der Waals surface area contributed by atoms with Crippen LogP contribution in [0.5, 0.6) is 0 Å². The molecule has 19 heavy (non-hydrogen) atoms. The van der Waals surface area contributed by atoms with Gasteiger partial charge in [0.15, 0.2) is 12.4 Å². The fourth-order valence-corrected chi connectivity index (χ4v) is 1.27. The summed E-state index contributed by atoms with van der Waals surface area (Å²) < 4.78 is 61.5. The average molecular weight is 309 g/mol. The van der Waals surface area contributed by atoms with E-state index in [4.69, 9.17) is 0 Å². The Morgan fingerprint density at radius 3 is 2.00 bits per heavy atom. The van der Waals surface area contributed by atoms with E-state index >= 15 is 0 Å². The first-order valence-electron chi connectivity index (χ1n) is 5.86. The van der Waals surface area contributed by atoms with E-state index < -0.39 is 7.81 Å². The standard InChI is InChI=1S/C11H18N.F6P/c1-3-5-8-12-9-6-7-11(4-2)10-12;1-7(2,3,4,5)6/h6-7,9-10H,3-5,8H2,1-2H3;/q+1;-1. The molecule has 1 heterocycles. The van der Waals surface area contributed by atoms with E-state index in [2.05, 4.69) is 42.9 Å². The summed E-state index contributed by atoms with van der Waals surface area (Å²) in [5.74, 6) is 0. The van der Waals surface area contributed by atoms with Gasteiger partial charge >= 0.3 is 33.0 Å². The summed E-state index contributed by atoms with van der Waals surface area (Å²) >= 11 is 0. The molecule has 0 bridgehead atoms. The number of pyridine rings is 1. The van der Waals surface area contributed by atoms with Crippen LogP contribution in [0, 0.1) is 0 Å². The van der Waals surface area contributed by atoms with Crippen LogP contribution < -0.4 is 4.57 Å². The first-order valence-corrected chi connectivity index (χ1v) is 7.89. The number of rotatable bonds is 4. The predicted molar refractivity (Wildman–Crippen MR) is 64.5 cm³/mol. The zero-order chi connectivity index (χ0) is 15.2. The third kappa shape index (κ3) is 17.2. The molecule has 0 spiro atoms. The normalized spacial score (nSPS) is 14.9. The van der Waals surface area contributed by atoms with Crippen molar-refractivity contribution in [3.05, 3.63) is 30.1 Å². The Kier molecular flexibility index (Phi) is 5.40. The molecular weight excluding hydrogens is 291 g/mol. The van der Waals surface area contributed by atoms with Gasteiger partial charge in [-0.05, 0) is 12.5 Å². The Morgan fingerprint density at radius 2 is 1.58 bits per heavy atom. The van der Waals surface area contributed by atoms with Crippen LogP contribution in [0.1, 0.15) is 32.3 Å². The van der Waals surface area contributed by atoms with Gasteiger partial charge in [-0.3, -0.25) is 0 Å². The molecule has 0 saturated heterocycles. The molecule has 1 aromatic heterocycles. The Morgan fingerprint density at radius 1 is 1.05 bits per heavy atom. The number of unbranched alkanes of at least 4 members (excludes halogenated alkanes) is 1. The van der Waals surface area contributed by atoms with Gasteiger partial charge in [-0.15, -0.1) is 0 Å². The van der Waals surface area contributed by atoms with Gasteiger partial charge in [0.05, 0.1) is 0 Å². The van der Waals surface area contributed by atoms with Gasteiger partial charge in [0.2, 0.25) is 0 Å². The van der Waals surface area contributed by atoms with Crippen LogP contribution in [-0.4, -0.2) is 0 Å². The van der Waals surface area contributed by atoms with Crippen molar-refractivity contribution in [1.82, 2.24) is 0 Å². The molecule has 0 radical (unpaired) electrons. The Bertz CT molecular complexity index is 388. The number of aromatic nitrogens is 1. The van der Waals surface area contributed by atoms with E-state index in [-0.39, 0.29) is 0 Å². The number of hydrogen-bond acceptors (Lipinski definition) is 0. The Balaban J connectivity index is 0.000000399. The summed E-state index contributed by atoms with van der Waals surface area (Å²) in [7, 11) is -10.7. The van der Waals surface area contributed by atoms with E-state index in [1.807, 2.05) is 0 Å². The second-order valence-corrected chi connectivity index (χ2v) is 6.03. The van der Waals surface area contributed by atoms with E-state index in [1.165, 1.54) is 18.4 Å². The molecule has 0 aliphatic heterocycles. The van der Waals surface area contributed by atoms with Gasteiger partial charge in [0.25, 0.3) is 0 Å². The third-order valence-corrected chi connectivity index (χ3v) is 2.10. The van der Waals surface area contributed by atoms with Gasteiger partial charge in [-0.25, -0.2) is 4.57 Å². The Hall–Kier alpha value is -0.840. The molecule has 114 valence electrons. The van der Waals surface area contributed by atoms with Gasteiger partial charge in [0, 0.05) is 18.1 Å². The third-order valence-electron chi connectivity index (χ3n) is 2.10. The molecule has 8 heteroatoms. The van der Waals surface area contributed by atoms with E-state index in [9.17, 15) is 25.2 Å². The van der Waals surface area contributed by atoms with Crippen molar-refractivity contribution in [2.24, 2.45) is 0 Å². The molecule has 1 rings (SSSR count). The molecule has 0 atom stereocenters.